The van der Waals surface area contributed by atoms with Crippen LogP contribution in [0.2, 0.25) is 0 Å². The second kappa shape index (κ2) is 39.2. The first-order chi connectivity index (χ1) is 28.4. The molecule has 0 spiro atoms. The van der Waals surface area contributed by atoms with Crippen LogP contribution in [0.4, 0.5) is 0 Å². The highest BCUT2D eigenvalue weighted by Crippen LogP contribution is 2.33. The van der Waals surface area contributed by atoms with Gasteiger partial charge >= 0.3 is 5.97 Å². The van der Waals surface area contributed by atoms with Crippen LogP contribution in [0.3, 0.4) is 0 Å². The minimum atomic E-state index is -0.937. The number of unbranched alkanes of at least 4 members (excludes halogenated alkanes) is 29. The van der Waals surface area contributed by atoms with Gasteiger partial charge < -0.3 is 25.2 Å². The topological polar surface area (TPSA) is 114 Å². The van der Waals surface area contributed by atoms with Gasteiger partial charge in [0, 0.05) is 19.6 Å². The quantitative estimate of drug-likeness (QED) is 0.0416. The lowest BCUT2D eigenvalue weighted by Crippen LogP contribution is -2.50. The summed E-state index contributed by atoms with van der Waals surface area (Å²) in [6, 6.07) is -0.937. The minimum absolute atomic E-state index is 0.0385. The summed E-state index contributed by atoms with van der Waals surface area (Å²) in [5.74, 6) is -0.913. The fourth-order valence-corrected chi connectivity index (χ4v) is 8.43. The molecule has 2 amide bonds. The van der Waals surface area contributed by atoms with Crippen LogP contribution >= 0.6 is 0 Å². The summed E-state index contributed by atoms with van der Waals surface area (Å²) in [7, 11) is 0. The normalized spacial score (nSPS) is 13.0. The maximum atomic E-state index is 13.4. The van der Waals surface area contributed by atoms with Crippen molar-refractivity contribution >= 4 is 17.8 Å². The van der Waals surface area contributed by atoms with E-state index in [1.54, 1.807) is 0 Å². The van der Waals surface area contributed by atoms with Crippen LogP contribution in [0.5, 0.6) is 0 Å². The second-order valence-corrected chi connectivity index (χ2v) is 19.3. The van der Waals surface area contributed by atoms with E-state index in [0.717, 1.165) is 32.1 Å². The van der Waals surface area contributed by atoms with Crippen molar-refractivity contribution in [2.45, 2.75) is 285 Å². The molecule has 0 aromatic rings. The Bertz CT molecular complexity index is 985. The molecule has 59 heavy (non-hydrogen) atoms. The number of aliphatic hydroxyl groups is 1. The van der Waals surface area contributed by atoms with Crippen molar-refractivity contribution in [1.29, 1.82) is 0 Å². The minimum Gasteiger partial charge on any atom is -0.463 e. The molecule has 0 saturated heterocycles. The summed E-state index contributed by atoms with van der Waals surface area (Å²) >= 11 is 0. The average Bonchev–Trinajstić information content (AvgIpc) is 3.18. The van der Waals surface area contributed by atoms with Gasteiger partial charge in [-0.15, -0.1) is 0 Å². The van der Waals surface area contributed by atoms with Gasteiger partial charge in [-0.2, -0.15) is 0 Å². The van der Waals surface area contributed by atoms with E-state index in [0.29, 0.717) is 25.8 Å². The highest BCUT2D eigenvalue weighted by molar-refractivity contribution is 5.88. The Morgan fingerprint density at radius 1 is 0.559 bits per heavy atom. The fourth-order valence-electron chi connectivity index (χ4n) is 8.43. The van der Waals surface area contributed by atoms with Crippen LogP contribution in [-0.4, -0.2) is 60.4 Å². The smallest absolute Gasteiger partial charge is 0.311 e. The van der Waals surface area contributed by atoms with Gasteiger partial charge in [0.25, 0.3) is 0 Å². The molecular formula is C51H100N2O6. The number of rotatable bonds is 44. The Balaban J connectivity index is 4.64. The maximum Gasteiger partial charge on any atom is 0.311 e. The molecule has 0 aromatic heterocycles. The lowest BCUT2D eigenvalue weighted by Gasteiger charge is -2.35. The Hall–Kier alpha value is -1.67. The van der Waals surface area contributed by atoms with Crippen molar-refractivity contribution in [2.75, 3.05) is 19.8 Å². The molecule has 0 aliphatic rings. The number of esters is 1. The first kappa shape index (κ1) is 57.3. The Kier molecular flexibility index (Phi) is 38.1. The lowest BCUT2D eigenvalue weighted by molar-refractivity contribution is -0.162. The van der Waals surface area contributed by atoms with Gasteiger partial charge in [0.15, 0.2) is 0 Å². The molecule has 0 aromatic carbocycles. The summed E-state index contributed by atoms with van der Waals surface area (Å²) in [6.07, 6.45) is 40.9. The highest BCUT2D eigenvalue weighted by Gasteiger charge is 2.38. The third kappa shape index (κ3) is 36.7. The van der Waals surface area contributed by atoms with Crippen LogP contribution < -0.4 is 10.6 Å². The first-order valence-electron chi connectivity index (χ1n) is 25.4. The molecule has 0 heterocycles. The van der Waals surface area contributed by atoms with Crippen molar-refractivity contribution in [3.63, 3.8) is 0 Å². The van der Waals surface area contributed by atoms with Crippen molar-refractivity contribution in [1.82, 2.24) is 10.6 Å². The summed E-state index contributed by atoms with van der Waals surface area (Å²) < 4.78 is 11.9. The molecule has 8 heteroatoms. The molecule has 2 atom stereocenters. The van der Waals surface area contributed by atoms with Crippen LogP contribution in [0.1, 0.15) is 267 Å². The monoisotopic (exact) mass is 837 g/mol. The van der Waals surface area contributed by atoms with Gasteiger partial charge in [-0.1, -0.05) is 200 Å². The van der Waals surface area contributed by atoms with Crippen LogP contribution in [0, 0.1) is 5.41 Å². The van der Waals surface area contributed by atoms with Crippen molar-refractivity contribution < 1.29 is 29.0 Å². The van der Waals surface area contributed by atoms with Gasteiger partial charge in [0.05, 0.1) is 17.1 Å². The zero-order valence-electron chi connectivity index (χ0n) is 40.3. The molecule has 0 fully saturated rings. The summed E-state index contributed by atoms with van der Waals surface area (Å²) in [5.41, 5.74) is -1.50. The van der Waals surface area contributed by atoms with E-state index >= 15 is 0 Å². The molecule has 3 N–H and O–H groups in total. The molecular weight excluding hydrogens is 737 g/mol. The Labute approximate surface area is 366 Å². The summed E-state index contributed by atoms with van der Waals surface area (Å²) in [5, 5.41) is 15.2. The fraction of sp³-hybridized carbons (Fsp3) is 0.941. The number of hydrogen-bond donors (Lipinski definition) is 3. The SMILES string of the molecule is CCCCCCCCCCCCCCCCCCNC(=O)C(COC(=O)C(C)(C)CC(C)(C)OC(C)CCO)NC(=O)CCCCCCCCCCCCCCCCC. The number of ether oxygens (including phenoxy) is 2. The number of amides is 2. The van der Waals surface area contributed by atoms with Gasteiger partial charge in [0.1, 0.15) is 12.6 Å². The van der Waals surface area contributed by atoms with E-state index in [4.69, 9.17) is 9.47 Å². The molecule has 0 radical (unpaired) electrons. The third-order valence-electron chi connectivity index (χ3n) is 11.8. The van der Waals surface area contributed by atoms with E-state index in [-0.39, 0.29) is 31.1 Å². The summed E-state index contributed by atoms with van der Waals surface area (Å²) in [4.78, 5) is 39.8. The molecule has 8 nitrogen and oxygen atoms in total. The standard InChI is InChI=1S/C51H100N2O6/c1-8-10-12-14-16-18-20-22-24-26-28-30-32-34-36-38-41-52-48(56)46(43-58-49(57)50(4,5)44-51(6,7)59-45(3)40-42-54)53-47(55)39-37-35-33-31-29-27-25-23-21-19-17-15-13-11-9-2/h45-46,54H,8-44H2,1-7H3,(H,52,56)(H,53,55). The predicted molar refractivity (Wildman–Crippen MR) is 250 cm³/mol. The molecule has 0 bridgehead atoms. The maximum absolute atomic E-state index is 13.4. The predicted octanol–water partition coefficient (Wildman–Crippen LogP) is 13.6. The lowest BCUT2D eigenvalue weighted by atomic mass is 9.81. The number of nitrogens with one attached hydrogen (secondary N) is 2. The number of aliphatic hydroxyl groups excluding tert-OH is 1. The molecule has 0 rings (SSSR count). The molecule has 2 unspecified atom stereocenters. The number of hydrogen-bond acceptors (Lipinski definition) is 6. The largest absolute Gasteiger partial charge is 0.463 e. The van der Waals surface area contributed by atoms with Gasteiger partial charge in [-0.05, 0) is 60.3 Å². The van der Waals surface area contributed by atoms with E-state index in [1.165, 1.54) is 167 Å². The highest BCUT2D eigenvalue weighted by atomic mass is 16.5. The molecule has 0 aliphatic carbocycles. The zero-order valence-corrected chi connectivity index (χ0v) is 40.3. The van der Waals surface area contributed by atoms with E-state index < -0.39 is 23.0 Å². The summed E-state index contributed by atoms with van der Waals surface area (Å²) in [6.45, 7) is 14.3. The molecule has 350 valence electrons. The van der Waals surface area contributed by atoms with Crippen molar-refractivity contribution in [2.24, 2.45) is 5.41 Å². The Morgan fingerprint density at radius 3 is 1.32 bits per heavy atom. The second-order valence-electron chi connectivity index (χ2n) is 19.3. The van der Waals surface area contributed by atoms with E-state index in [2.05, 4.69) is 24.5 Å². The molecule has 0 saturated carbocycles. The van der Waals surface area contributed by atoms with Crippen LogP contribution in [0.15, 0.2) is 0 Å². The number of carbonyl (C=O) groups excluding carboxylic acids is 3. The van der Waals surface area contributed by atoms with Gasteiger partial charge in [-0.3, -0.25) is 14.4 Å². The number of carbonyl (C=O) groups is 3. The average molecular weight is 837 g/mol. The van der Waals surface area contributed by atoms with E-state index in [9.17, 15) is 19.5 Å². The zero-order chi connectivity index (χ0) is 43.9. The van der Waals surface area contributed by atoms with E-state index in [1.807, 2.05) is 34.6 Å². The van der Waals surface area contributed by atoms with Crippen LogP contribution in [-0.2, 0) is 23.9 Å². The van der Waals surface area contributed by atoms with Crippen molar-refractivity contribution in [3.8, 4) is 0 Å². The van der Waals surface area contributed by atoms with Crippen molar-refractivity contribution in [3.05, 3.63) is 0 Å². The molecule has 0 aliphatic heterocycles. The van der Waals surface area contributed by atoms with Gasteiger partial charge in [-0.25, -0.2) is 0 Å². The van der Waals surface area contributed by atoms with Gasteiger partial charge in [0.2, 0.25) is 11.8 Å². The third-order valence-corrected chi connectivity index (χ3v) is 11.8. The Morgan fingerprint density at radius 2 is 0.932 bits per heavy atom. The first-order valence-corrected chi connectivity index (χ1v) is 25.4. The van der Waals surface area contributed by atoms with Crippen LogP contribution in [0.25, 0.3) is 0 Å².